The predicted molar refractivity (Wildman–Crippen MR) is 166 cm³/mol. The molecule has 0 bridgehead atoms. The Bertz CT molecular complexity index is 1640. The van der Waals surface area contributed by atoms with Crippen LogP contribution in [0.2, 0.25) is 0 Å². The van der Waals surface area contributed by atoms with E-state index in [1.165, 1.54) is 11.0 Å². The number of nitrogens with zero attached hydrogens (tertiary/aromatic N) is 2. The summed E-state index contributed by atoms with van der Waals surface area (Å²) in [6.07, 6.45) is 3.93. The van der Waals surface area contributed by atoms with Crippen LogP contribution in [0.1, 0.15) is 24.3 Å². The van der Waals surface area contributed by atoms with E-state index in [4.69, 9.17) is 14.6 Å². The van der Waals surface area contributed by atoms with E-state index < -0.39 is 23.7 Å². The summed E-state index contributed by atoms with van der Waals surface area (Å²) < 4.78 is 11.2. The number of amides is 2. The number of rotatable bonds is 6. The zero-order chi connectivity index (χ0) is 30.5. The third-order valence-corrected chi connectivity index (χ3v) is 9.98. The number of Topliss-reactive ketones (excluding diaryl/α,β-unsaturated/α-hetero) is 1. The van der Waals surface area contributed by atoms with Crippen LogP contribution in [-0.4, -0.2) is 68.0 Å². The highest BCUT2D eigenvalue weighted by Crippen LogP contribution is 2.55. The summed E-state index contributed by atoms with van der Waals surface area (Å²) in [5, 5.41) is 9.11. The Labute approximate surface area is 262 Å². The molecule has 2 fully saturated rings. The fourth-order valence-corrected chi connectivity index (χ4v) is 7.84. The first-order valence-electron chi connectivity index (χ1n) is 14.9. The molecule has 226 valence electrons. The molecule has 2 amide bonds. The number of ether oxygens (including phenoxy) is 2. The molecule has 2 aliphatic heterocycles. The number of hydrogen-bond acceptors (Lipinski definition) is 8. The molecule has 0 radical (unpaired) electrons. The molecule has 44 heavy (non-hydrogen) atoms. The van der Waals surface area contributed by atoms with Crippen LogP contribution < -0.4 is 14.5 Å². The largest absolute Gasteiger partial charge is 0.491 e. The number of benzene rings is 2. The van der Waals surface area contributed by atoms with Crippen molar-refractivity contribution in [1.29, 1.82) is 0 Å². The van der Waals surface area contributed by atoms with Gasteiger partial charge in [0.15, 0.2) is 11.6 Å². The van der Waals surface area contributed by atoms with Crippen LogP contribution in [0.5, 0.6) is 5.75 Å². The molecule has 1 N–H and O–H groups in total. The number of aliphatic hydroxyl groups excluding tert-OH is 1. The average molecular weight is 660 g/mol. The summed E-state index contributed by atoms with van der Waals surface area (Å²) in [5.74, 6) is -2.56. The summed E-state index contributed by atoms with van der Waals surface area (Å²) in [7, 11) is 0. The molecule has 2 aromatic carbocycles. The van der Waals surface area contributed by atoms with Crippen molar-refractivity contribution in [1.82, 2.24) is 0 Å². The number of anilines is 2. The number of allylic oxidation sites excluding steroid dienone is 6. The minimum atomic E-state index is -0.641. The van der Waals surface area contributed by atoms with Gasteiger partial charge in [0.1, 0.15) is 12.4 Å². The number of morpholine rings is 1. The summed E-state index contributed by atoms with van der Waals surface area (Å²) in [5.41, 5.74) is 4.06. The fourth-order valence-electron chi connectivity index (χ4n) is 7.39. The molecule has 0 unspecified atom stereocenters. The summed E-state index contributed by atoms with van der Waals surface area (Å²) in [4.78, 5) is 58.4. The Balaban J connectivity index is 1.24. The Morgan fingerprint density at radius 3 is 2.32 bits per heavy atom. The Hall–Kier alpha value is -3.86. The molecule has 2 aromatic rings. The number of hydrogen-bond donors (Lipinski definition) is 1. The third-order valence-electron chi connectivity index (χ3n) is 9.39. The maximum atomic E-state index is 14.2. The van der Waals surface area contributed by atoms with Crippen LogP contribution in [0.4, 0.5) is 11.4 Å². The number of fused-ring (bicyclic) bond motifs is 3. The van der Waals surface area contributed by atoms with Crippen LogP contribution in [-0.2, 0) is 23.9 Å². The van der Waals surface area contributed by atoms with Gasteiger partial charge in [0, 0.05) is 41.9 Å². The van der Waals surface area contributed by atoms with Gasteiger partial charge in [-0.15, -0.1) is 0 Å². The second-order valence-corrected chi connectivity index (χ2v) is 12.5. The lowest BCUT2D eigenvalue weighted by molar-refractivity contribution is -0.123. The van der Waals surface area contributed by atoms with Crippen molar-refractivity contribution in [2.45, 2.75) is 18.8 Å². The standard InChI is InChI=1S/C34H31BrN2O7/c35-27-18-28(39)31-26(32(27)40)17-25-23(29(31)19-1-7-22(8-2-19)44-16-13-38)9-10-24-30(25)34(42)37(33(24)41)21-5-3-20(4-6-21)36-11-14-43-15-12-36/h1-9,18,24-25,29-30,38H,10-17H2/t24-,25+,29-,30-/m0/s1. The lowest BCUT2D eigenvalue weighted by Gasteiger charge is -2.42. The minimum absolute atomic E-state index is 0.114. The van der Waals surface area contributed by atoms with E-state index >= 15 is 0 Å². The molecule has 5 aliphatic rings. The molecule has 10 heteroatoms. The SMILES string of the molecule is O=C1C=C(Br)C(=O)C2=C1[C@@H](c1ccc(OCCO)cc1)C1=CC[C@@H]3C(=O)N(c4ccc(N5CCOCC5)cc4)C(=O)[C@@H]3[C@@H]1C2. The van der Waals surface area contributed by atoms with Crippen LogP contribution >= 0.6 is 15.9 Å². The number of carbonyl (C=O) groups is 4. The van der Waals surface area contributed by atoms with Gasteiger partial charge in [0.2, 0.25) is 11.8 Å². The van der Waals surface area contributed by atoms with E-state index in [0.717, 1.165) is 29.9 Å². The molecule has 3 aliphatic carbocycles. The van der Waals surface area contributed by atoms with Crippen molar-refractivity contribution in [2.75, 3.05) is 49.3 Å². The van der Waals surface area contributed by atoms with Crippen LogP contribution in [0, 0.1) is 17.8 Å². The van der Waals surface area contributed by atoms with Crippen LogP contribution in [0.3, 0.4) is 0 Å². The van der Waals surface area contributed by atoms with Gasteiger partial charge in [-0.3, -0.25) is 24.1 Å². The topological polar surface area (TPSA) is 113 Å². The van der Waals surface area contributed by atoms with E-state index in [-0.39, 0.29) is 47.5 Å². The third kappa shape index (κ3) is 4.76. The van der Waals surface area contributed by atoms with Gasteiger partial charge < -0.3 is 19.5 Å². The molecule has 9 nitrogen and oxygen atoms in total. The lowest BCUT2D eigenvalue weighted by Crippen LogP contribution is -2.39. The van der Waals surface area contributed by atoms with Gasteiger partial charge in [-0.25, -0.2) is 0 Å². The smallest absolute Gasteiger partial charge is 0.238 e. The highest BCUT2D eigenvalue weighted by molar-refractivity contribution is 9.12. The summed E-state index contributed by atoms with van der Waals surface area (Å²) in [6, 6.07) is 14.8. The monoisotopic (exact) mass is 658 g/mol. The zero-order valence-electron chi connectivity index (χ0n) is 23.9. The number of aliphatic hydroxyl groups is 1. The van der Waals surface area contributed by atoms with Crippen molar-refractivity contribution in [3.63, 3.8) is 0 Å². The first-order chi connectivity index (χ1) is 21.4. The number of ketones is 2. The normalized spacial score (nSPS) is 26.7. The van der Waals surface area contributed by atoms with Crippen LogP contribution in [0.15, 0.2) is 81.9 Å². The fraction of sp³-hybridized carbons (Fsp3) is 0.353. The number of carbonyl (C=O) groups excluding carboxylic acids is 4. The van der Waals surface area contributed by atoms with Crippen molar-refractivity contribution in [3.05, 3.63) is 87.4 Å². The van der Waals surface area contributed by atoms with Crippen molar-refractivity contribution >= 4 is 50.7 Å². The Morgan fingerprint density at radius 1 is 0.909 bits per heavy atom. The van der Waals surface area contributed by atoms with E-state index in [0.29, 0.717) is 42.2 Å². The maximum absolute atomic E-state index is 14.2. The first kappa shape index (κ1) is 28.9. The molecule has 7 rings (SSSR count). The molecular formula is C34H31BrN2O7. The van der Waals surface area contributed by atoms with Crippen molar-refractivity contribution < 1.29 is 33.8 Å². The van der Waals surface area contributed by atoms with Gasteiger partial charge in [-0.1, -0.05) is 23.8 Å². The van der Waals surface area contributed by atoms with E-state index in [2.05, 4.69) is 20.8 Å². The highest BCUT2D eigenvalue weighted by Gasteiger charge is 2.56. The minimum Gasteiger partial charge on any atom is -0.491 e. The molecule has 0 saturated carbocycles. The molecule has 0 aromatic heterocycles. The van der Waals surface area contributed by atoms with Gasteiger partial charge in [-0.05, 0) is 76.7 Å². The highest BCUT2D eigenvalue weighted by atomic mass is 79.9. The number of halogens is 1. The van der Waals surface area contributed by atoms with Gasteiger partial charge in [0.25, 0.3) is 0 Å². The summed E-state index contributed by atoms with van der Waals surface area (Å²) >= 11 is 3.27. The second kappa shape index (κ2) is 11.6. The second-order valence-electron chi connectivity index (χ2n) is 11.7. The van der Waals surface area contributed by atoms with Gasteiger partial charge >= 0.3 is 0 Å². The first-order valence-corrected chi connectivity index (χ1v) is 15.7. The van der Waals surface area contributed by atoms with Gasteiger partial charge in [-0.2, -0.15) is 0 Å². The molecule has 0 spiro atoms. The van der Waals surface area contributed by atoms with E-state index in [1.54, 1.807) is 12.1 Å². The molecule has 2 saturated heterocycles. The molecular weight excluding hydrogens is 628 g/mol. The van der Waals surface area contributed by atoms with Crippen LogP contribution in [0.25, 0.3) is 0 Å². The molecule has 4 atom stereocenters. The average Bonchev–Trinajstić information content (AvgIpc) is 3.31. The molecule has 2 heterocycles. The Morgan fingerprint density at radius 2 is 1.61 bits per heavy atom. The predicted octanol–water partition coefficient (Wildman–Crippen LogP) is 3.86. The maximum Gasteiger partial charge on any atom is 0.238 e. The summed E-state index contributed by atoms with van der Waals surface area (Å²) in [6.45, 7) is 2.93. The number of imide groups is 1. The van der Waals surface area contributed by atoms with Crippen molar-refractivity contribution in [2.24, 2.45) is 17.8 Å². The lowest BCUT2D eigenvalue weighted by atomic mass is 9.59. The van der Waals surface area contributed by atoms with Gasteiger partial charge in [0.05, 0.1) is 41.8 Å². The quantitative estimate of drug-likeness (QED) is 0.283. The van der Waals surface area contributed by atoms with E-state index in [1.807, 2.05) is 42.5 Å². The zero-order valence-corrected chi connectivity index (χ0v) is 25.5. The Kier molecular flexibility index (Phi) is 7.60. The van der Waals surface area contributed by atoms with Crippen molar-refractivity contribution in [3.8, 4) is 5.75 Å². The van der Waals surface area contributed by atoms with E-state index in [9.17, 15) is 19.2 Å².